The summed E-state index contributed by atoms with van der Waals surface area (Å²) in [5.74, 6) is 1.80. The summed E-state index contributed by atoms with van der Waals surface area (Å²) in [5, 5.41) is 11.3. The molecule has 0 unspecified atom stereocenters. The lowest BCUT2D eigenvalue weighted by atomic mass is 9.93. The van der Waals surface area contributed by atoms with E-state index >= 15 is 0 Å². The van der Waals surface area contributed by atoms with Crippen molar-refractivity contribution in [3.05, 3.63) is 18.7 Å². The highest BCUT2D eigenvalue weighted by Gasteiger charge is 2.21. The van der Waals surface area contributed by atoms with Crippen LogP contribution in [-0.2, 0) is 0 Å². The average molecular weight is 260 g/mol. The lowest BCUT2D eigenvalue weighted by Crippen LogP contribution is -2.35. The van der Waals surface area contributed by atoms with Crippen molar-refractivity contribution in [3.63, 3.8) is 0 Å². The Bertz CT molecular complexity index is 529. The van der Waals surface area contributed by atoms with E-state index in [4.69, 9.17) is 0 Å². The van der Waals surface area contributed by atoms with Gasteiger partial charge in [-0.05, 0) is 38.8 Å². The second-order valence-electron chi connectivity index (χ2n) is 5.14. The van der Waals surface area contributed by atoms with E-state index in [-0.39, 0.29) is 0 Å². The third-order valence-electron chi connectivity index (χ3n) is 3.91. The predicted octanol–water partition coefficient (Wildman–Crippen LogP) is 0.950. The third-order valence-corrected chi connectivity index (χ3v) is 3.91. The molecule has 0 radical (unpaired) electrons. The van der Waals surface area contributed by atoms with Gasteiger partial charge in [-0.3, -0.25) is 4.40 Å². The van der Waals surface area contributed by atoms with Gasteiger partial charge in [0.05, 0.1) is 0 Å². The zero-order valence-electron chi connectivity index (χ0n) is 11.3. The van der Waals surface area contributed by atoms with Crippen molar-refractivity contribution in [2.45, 2.75) is 19.3 Å². The molecule has 6 nitrogen and oxygen atoms in total. The largest absolute Gasteiger partial charge is 0.353 e. The van der Waals surface area contributed by atoms with E-state index in [1.807, 2.05) is 23.8 Å². The molecule has 1 N–H and O–H groups in total. The quantitative estimate of drug-likeness (QED) is 0.887. The minimum absolute atomic E-state index is 0.835. The SMILES string of the molecule is CNCCC1CCN(c2nccn3cnnc23)CC1. The molecule has 0 amide bonds. The summed E-state index contributed by atoms with van der Waals surface area (Å²) in [4.78, 5) is 6.81. The van der Waals surface area contributed by atoms with Crippen LogP contribution in [0.25, 0.3) is 5.65 Å². The van der Waals surface area contributed by atoms with Crippen LogP contribution in [0.3, 0.4) is 0 Å². The first-order valence-electron chi connectivity index (χ1n) is 6.92. The van der Waals surface area contributed by atoms with Crippen LogP contribution >= 0.6 is 0 Å². The van der Waals surface area contributed by atoms with Gasteiger partial charge in [-0.1, -0.05) is 0 Å². The molecule has 1 fully saturated rings. The molecule has 0 bridgehead atoms. The Labute approximate surface area is 112 Å². The normalized spacial score (nSPS) is 17.2. The van der Waals surface area contributed by atoms with E-state index in [2.05, 4.69) is 25.4 Å². The van der Waals surface area contributed by atoms with Gasteiger partial charge in [-0.2, -0.15) is 0 Å². The van der Waals surface area contributed by atoms with Crippen LogP contribution in [0, 0.1) is 5.92 Å². The first-order chi connectivity index (χ1) is 9.38. The van der Waals surface area contributed by atoms with Crippen LogP contribution in [0.5, 0.6) is 0 Å². The van der Waals surface area contributed by atoms with Crippen LogP contribution < -0.4 is 10.2 Å². The third kappa shape index (κ3) is 2.53. The summed E-state index contributed by atoms with van der Waals surface area (Å²) in [6.45, 7) is 3.24. The zero-order chi connectivity index (χ0) is 13.1. The summed E-state index contributed by atoms with van der Waals surface area (Å²) in [7, 11) is 2.02. The van der Waals surface area contributed by atoms with Crippen LogP contribution in [0.1, 0.15) is 19.3 Å². The summed E-state index contributed by atoms with van der Waals surface area (Å²) in [5.41, 5.74) is 0.858. The molecule has 6 heteroatoms. The van der Waals surface area contributed by atoms with Crippen molar-refractivity contribution in [1.29, 1.82) is 0 Å². The Morgan fingerprint density at radius 1 is 1.37 bits per heavy atom. The Morgan fingerprint density at radius 2 is 2.21 bits per heavy atom. The van der Waals surface area contributed by atoms with Crippen molar-refractivity contribution in [2.75, 3.05) is 31.6 Å². The number of nitrogens with zero attached hydrogens (tertiary/aromatic N) is 5. The lowest BCUT2D eigenvalue weighted by molar-refractivity contribution is 0.377. The molecule has 0 aliphatic carbocycles. The molecule has 1 saturated heterocycles. The van der Waals surface area contributed by atoms with Crippen LogP contribution in [0.15, 0.2) is 18.7 Å². The molecule has 2 aromatic heterocycles. The number of hydrogen-bond donors (Lipinski definition) is 1. The summed E-state index contributed by atoms with van der Waals surface area (Å²) in [6.07, 6.45) is 9.17. The predicted molar refractivity (Wildman–Crippen MR) is 74.3 cm³/mol. The first kappa shape index (κ1) is 12.3. The minimum atomic E-state index is 0.835. The maximum absolute atomic E-state index is 4.48. The number of fused-ring (bicyclic) bond motifs is 1. The summed E-state index contributed by atoms with van der Waals surface area (Å²) >= 11 is 0. The molecule has 0 atom stereocenters. The van der Waals surface area contributed by atoms with E-state index in [9.17, 15) is 0 Å². The number of nitrogens with one attached hydrogen (secondary N) is 1. The van der Waals surface area contributed by atoms with Gasteiger partial charge in [0.1, 0.15) is 6.33 Å². The molecule has 19 heavy (non-hydrogen) atoms. The highest BCUT2D eigenvalue weighted by molar-refractivity contribution is 5.63. The molecule has 3 heterocycles. The van der Waals surface area contributed by atoms with Crippen LogP contribution in [0.2, 0.25) is 0 Å². The number of hydrogen-bond acceptors (Lipinski definition) is 5. The lowest BCUT2D eigenvalue weighted by Gasteiger charge is -2.32. The summed E-state index contributed by atoms with van der Waals surface area (Å²) < 4.78 is 1.93. The van der Waals surface area contributed by atoms with E-state index in [1.54, 1.807) is 6.33 Å². The molecule has 102 valence electrons. The summed E-state index contributed by atoms with van der Waals surface area (Å²) in [6, 6.07) is 0. The van der Waals surface area contributed by atoms with E-state index in [1.165, 1.54) is 19.3 Å². The zero-order valence-corrected chi connectivity index (χ0v) is 11.3. The molecule has 0 saturated carbocycles. The van der Waals surface area contributed by atoms with Crippen molar-refractivity contribution in [1.82, 2.24) is 24.9 Å². The smallest absolute Gasteiger partial charge is 0.203 e. The Morgan fingerprint density at radius 3 is 3.00 bits per heavy atom. The molecule has 2 aromatic rings. The molecular weight excluding hydrogens is 240 g/mol. The van der Waals surface area contributed by atoms with Gasteiger partial charge in [0.25, 0.3) is 0 Å². The van der Waals surface area contributed by atoms with Crippen molar-refractivity contribution in [2.24, 2.45) is 5.92 Å². The molecule has 1 aliphatic heterocycles. The maximum Gasteiger partial charge on any atom is 0.203 e. The number of anilines is 1. The van der Waals surface area contributed by atoms with Gasteiger partial charge in [-0.15, -0.1) is 10.2 Å². The number of rotatable bonds is 4. The fourth-order valence-electron chi connectivity index (χ4n) is 2.75. The highest BCUT2D eigenvalue weighted by atomic mass is 15.3. The topological polar surface area (TPSA) is 58.4 Å². The van der Waals surface area contributed by atoms with E-state index < -0.39 is 0 Å². The molecule has 0 spiro atoms. The molecule has 0 aromatic carbocycles. The monoisotopic (exact) mass is 260 g/mol. The molecular formula is C13H20N6. The first-order valence-corrected chi connectivity index (χ1v) is 6.92. The average Bonchev–Trinajstić information content (AvgIpc) is 2.94. The molecule has 1 aliphatic rings. The van der Waals surface area contributed by atoms with Crippen molar-refractivity contribution in [3.8, 4) is 0 Å². The van der Waals surface area contributed by atoms with E-state index in [0.717, 1.165) is 37.0 Å². The van der Waals surface area contributed by atoms with Crippen molar-refractivity contribution >= 4 is 11.5 Å². The van der Waals surface area contributed by atoms with Crippen LogP contribution in [-0.4, -0.2) is 46.3 Å². The standard InChI is InChI=1S/C13H20N6/c1-14-5-2-11-3-7-18(8-4-11)12-13-17-16-10-19(13)9-6-15-12/h6,9-11,14H,2-5,7-8H2,1H3. The van der Waals surface area contributed by atoms with E-state index in [0.29, 0.717) is 0 Å². The minimum Gasteiger partial charge on any atom is -0.353 e. The number of piperidine rings is 1. The van der Waals surface area contributed by atoms with Gasteiger partial charge in [0.2, 0.25) is 5.65 Å². The second-order valence-corrected chi connectivity index (χ2v) is 5.14. The Balaban J connectivity index is 1.69. The van der Waals surface area contributed by atoms with Crippen LogP contribution in [0.4, 0.5) is 5.82 Å². The van der Waals surface area contributed by atoms with Gasteiger partial charge in [0, 0.05) is 25.5 Å². The van der Waals surface area contributed by atoms with Gasteiger partial charge >= 0.3 is 0 Å². The van der Waals surface area contributed by atoms with Gasteiger partial charge < -0.3 is 10.2 Å². The number of aromatic nitrogens is 4. The highest BCUT2D eigenvalue weighted by Crippen LogP contribution is 2.25. The molecule has 3 rings (SSSR count). The Hall–Kier alpha value is -1.69. The fourth-order valence-corrected chi connectivity index (χ4v) is 2.75. The van der Waals surface area contributed by atoms with Gasteiger partial charge in [-0.25, -0.2) is 4.98 Å². The van der Waals surface area contributed by atoms with Gasteiger partial charge in [0.15, 0.2) is 5.82 Å². The second kappa shape index (κ2) is 5.52. The van der Waals surface area contributed by atoms with Crippen molar-refractivity contribution < 1.29 is 0 Å². The Kier molecular flexibility index (Phi) is 3.59. The maximum atomic E-state index is 4.48. The fraction of sp³-hybridized carbons (Fsp3) is 0.615.